The summed E-state index contributed by atoms with van der Waals surface area (Å²) in [5.41, 5.74) is -0.171. The SMILES string of the molecule is N#CC(C(=O)C1CCCCS1(=O)=O)c1cccc(Cl)c1F. The molecule has 2 atom stereocenters. The molecule has 112 valence electrons. The third-order valence-electron chi connectivity index (χ3n) is 3.60. The Kier molecular flexibility index (Phi) is 4.64. The Morgan fingerprint density at radius 2 is 2.14 bits per heavy atom. The van der Waals surface area contributed by atoms with Gasteiger partial charge in [-0.15, -0.1) is 0 Å². The molecular formula is C14H13ClFNO3S. The predicted molar refractivity (Wildman–Crippen MR) is 76.2 cm³/mol. The van der Waals surface area contributed by atoms with Crippen LogP contribution in [0.15, 0.2) is 18.2 Å². The molecule has 2 unspecified atom stereocenters. The topological polar surface area (TPSA) is 75.0 Å². The van der Waals surface area contributed by atoms with Crippen molar-refractivity contribution in [2.75, 3.05) is 5.75 Å². The van der Waals surface area contributed by atoms with Crippen LogP contribution in [0.3, 0.4) is 0 Å². The maximum atomic E-state index is 14.0. The summed E-state index contributed by atoms with van der Waals surface area (Å²) >= 11 is 5.65. The highest BCUT2D eigenvalue weighted by atomic mass is 35.5. The van der Waals surface area contributed by atoms with Gasteiger partial charge in [0.15, 0.2) is 15.6 Å². The normalized spacial score (nSPS) is 22.2. The molecule has 0 aromatic heterocycles. The van der Waals surface area contributed by atoms with Crippen LogP contribution >= 0.6 is 11.6 Å². The van der Waals surface area contributed by atoms with Crippen molar-refractivity contribution >= 4 is 27.2 Å². The second kappa shape index (κ2) is 6.12. The number of rotatable bonds is 3. The molecule has 1 saturated heterocycles. The van der Waals surface area contributed by atoms with Crippen LogP contribution in [0, 0.1) is 17.1 Å². The molecule has 1 fully saturated rings. The number of nitriles is 1. The predicted octanol–water partition coefficient (Wildman–Crippen LogP) is 2.62. The van der Waals surface area contributed by atoms with Gasteiger partial charge in [-0.25, -0.2) is 12.8 Å². The van der Waals surface area contributed by atoms with E-state index in [1.807, 2.05) is 0 Å². The van der Waals surface area contributed by atoms with E-state index >= 15 is 0 Å². The minimum Gasteiger partial charge on any atom is -0.296 e. The van der Waals surface area contributed by atoms with Crippen molar-refractivity contribution in [3.63, 3.8) is 0 Å². The number of carbonyl (C=O) groups is 1. The van der Waals surface area contributed by atoms with E-state index in [1.165, 1.54) is 18.2 Å². The number of benzene rings is 1. The lowest BCUT2D eigenvalue weighted by Crippen LogP contribution is -2.38. The first-order valence-electron chi connectivity index (χ1n) is 6.47. The van der Waals surface area contributed by atoms with Crippen LogP contribution in [0.2, 0.25) is 5.02 Å². The molecule has 0 N–H and O–H groups in total. The average molecular weight is 330 g/mol. The number of hydrogen-bond donors (Lipinski definition) is 0. The van der Waals surface area contributed by atoms with Gasteiger partial charge in [-0.2, -0.15) is 5.26 Å². The van der Waals surface area contributed by atoms with Crippen LogP contribution in [-0.4, -0.2) is 25.2 Å². The summed E-state index contributed by atoms with van der Waals surface area (Å²) in [4.78, 5) is 12.4. The zero-order valence-electron chi connectivity index (χ0n) is 11.1. The van der Waals surface area contributed by atoms with E-state index in [0.717, 1.165) is 0 Å². The van der Waals surface area contributed by atoms with Crippen molar-refractivity contribution in [1.29, 1.82) is 5.26 Å². The Balaban J connectivity index is 2.40. The van der Waals surface area contributed by atoms with E-state index in [4.69, 9.17) is 11.6 Å². The molecule has 1 aliphatic heterocycles. The fourth-order valence-electron chi connectivity index (χ4n) is 2.49. The first kappa shape index (κ1) is 15.9. The Labute approximate surface area is 127 Å². The Morgan fingerprint density at radius 3 is 2.76 bits per heavy atom. The van der Waals surface area contributed by atoms with Crippen molar-refractivity contribution in [3.05, 3.63) is 34.6 Å². The molecular weight excluding hydrogens is 317 g/mol. The number of ketones is 1. The summed E-state index contributed by atoms with van der Waals surface area (Å²) in [6.07, 6.45) is 1.29. The highest BCUT2D eigenvalue weighted by Crippen LogP contribution is 2.30. The van der Waals surface area contributed by atoms with Gasteiger partial charge in [0.1, 0.15) is 17.0 Å². The summed E-state index contributed by atoms with van der Waals surface area (Å²) in [5, 5.41) is 7.76. The molecule has 1 aromatic rings. The highest BCUT2D eigenvalue weighted by molar-refractivity contribution is 7.92. The Hall–Kier alpha value is -1.45. The summed E-state index contributed by atoms with van der Waals surface area (Å²) in [5.74, 6) is -3.15. The Bertz CT molecular complexity index is 711. The lowest BCUT2D eigenvalue weighted by molar-refractivity contribution is -0.119. The molecule has 2 rings (SSSR count). The second-order valence-electron chi connectivity index (χ2n) is 4.96. The van der Waals surface area contributed by atoms with E-state index < -0.39 is 32.6 Å². The fourth-order valence-corrected chi connectivity index (χ4v) is 4.58. The monoisotopic (exact) mass is 329 g/mol. The van der Waals surface area contributed by atoms with Gasteiger partial charge in [-0.1, -0.05) is 30.2 Å². The smallest absolute Gasteiger partial charge is 0.172 e. The molecule has 21 heavy (non-hydrogen) atoms. The largest absolute Gasteiger partial charge is 0.296 e. The molecule has 0 saturated carbocycles. The number of nitrogens with zero attached hydrogens (tertiary/aromatic N) is 1. The molecule has 7 heteroatoms. The van der Waals surface area contributed by atoms with Gasteiger partial charge in [-0.3, -0.25) is 4.79 Å². The lowest BCUT2D eigenvalue weighted by Gasteiger charge is -2.23. The average Bonchev–Trinajstić information content (AvgIpc) is 2.43. The molecule has 0 radical (unpaired) electrons. The van der Waals surface area contributed by atoms with Crippen LogP contribution in [0.5, 0.6) is 0 Å². The van der Waals surface area contributed by atoms with Crippen LogP contribution in [-0.2, 0) is 14.6 Å². The van der Waals surface area contributed by atoms with Crippen LogP contribution < -0.4 is 0 Å². The number of sulfone groups is 1. The van der Waals surface area contributed by atoms with Crippen LogP contribution in [0.4, 0.5) is 4.39 Å². The standard InChI is InChI=1S/C14H13ClFNO3S/c15-11-5-3-4-9(13(11)16)10(8-17)14(18)12-6-1-2-7-21(12,19)20/h3-5,10,12H,1-2,6-7H2. The van der Waals surface area contributed by atoms with E-state index in [2.05, 4.69) is 0 Å². The first-order chi connectivity index (χ1) is 9.88. The molecule has 0 spiro atoms. The van der Waals surface area contributed by atoms with Gasteiger partial charge in [0.2, 0.25) is 0 Å². The number of carbonyl (C=O) groups excluding carboxylic acids is 1. The molecule has 4 nitrogen and oxygen atoms in total. The maximum absolute atomic E-state index is 14.0. The lowest BCUT2D eigenvalue weighted by atomic mass is 9.92. The van der Waals surface area contributed by atoms with Crippen molar-refractivity contribution in [2.24, 2.45) is 0 Å². The zero-order chi connectivity index (χ0) is 15.6. The van der Waals surface area contributed by atoms with Gasteiger partial charge in [-0.05, 0) is 18.9 Å². The van der Waals surface area contributed by atoms with Gasteiger partial charge in [0.25, 0.3) is 0 Å². The zero-order valence-corrected chi connectivity index (χ0v) is 12.6. The molecule has 0 bridgehead atoms. The minimum atomic E-state index is -3.56. The van der Waals surface area contributed by atoms with Gasteiger partial charge >= 0.3 is 0 Å². The molecule has 0 amide bonds. The summed E-state index contributed by atoms with van der Waals surface area (Å²) in [6.45, 7) is 0. The summed E-state index contributed by atoms with van der Waals surface area (Å²) < 4.78 is 37.9. The molecule has 1 heterocycles. The van der Waals surface area contributed by atoms with Crippen LogP contribution in [0.1, 0.15) is 30.7 Å². The van der Waals surface area contributed by atoms with Crippen molar-refractivity contribution < 1.29 is 17.6 Å². The highest BCUT2D eigenvalue weighted by Gasteiger charge is 2.39. The summed E-state index contributed by atoms with van der Waals surface area (Å²) in [7, 11) is -3.56. The number of halogens is 2. The fraction of sp³-hybridized carbons (Fsp3) is 0.429. The van der Waals surface area contributed by atoms with Gasteiger partial charge in [0, 0.05) is 5.56 Å². The second-order valence-corrected chi connectivity index (χ2v) is 7.67. The van der Waals surface area contributed by atoms with E-state index in [-0.39, 0.29) is 22.8 Å². The molecule has 0 aliphatic carbocycles. The quantitative estimate of drug-likeness (QED) is 0.854. The van der Waals surface area contributed by atoms with Crippen molar-refractivity contribution in [1.82, 2.24) is 0 Å². The van der Waals surface area contributed by atoms with Gasteiger partial charge < -0.3 is 0 Å². The molecule has 1 aromatic carbocycles. The van der Waals surface area contributed by atoms with Crippen molar-refractivity contribution in [3.8, 4) is 6.07 Å². The summed E-state index contributed by atoms with van der Waals surface area (Å²) in [6, 6.07) is 5.72. The van der Waals surface area contributed by atoms with E-state index in [1.54, 1.807) is 6.07 Å². The van der Waals surface area contributed by atoms with Crippen LogP contribution in [0.25, 0.3) is 0 Å². The minimum absolute atomic E-state index is 0.0699. The van der Waals surface area contributed by atoms with E-state index in [0.29, 0.717) is 12.8 Å². The first-order valence-corrected chi connectivity index (χ1v) is 8.56. The third-order valence-corrected chi connectivity index (χ3v) is 6.09. The third kappa shape index (κ3) is 3.09. The Morgan fingerprint density at radius 1 is 1.43 bits per heavy atom. The van der Waals surface area contributed by atoms with E-state index in [9.17, 15) is 22.9 Å². The molecule has 1 aliphatic rings. The number of Topliss-reactive ketones (excluding diaryl/α,β-unsaturated/α-hetero) is 1. The van der Waals surface area contributed by atoms with Crippen molar-refractivity contribution in [2.45, 2.75) is 30.4 Å². The van der Waals surface area contributed by atoms with Gasteiger partial charge in [0.05, 0.1) is 16.8 Å². The number of hydrogen-bond acceptors (Lipinski definition) is 4. The maximum Gasteiger partial charge on any atom is 0.172 e.